The van der Waals surface area contributed by atoms with Crippen molar-refractivity contribution in [3.8, 4) is 11.3 Å². The van der Waals surface area contributed by atoms with Crippen molar-refractivity contribution in [3.05, 3.63) is 30.5 Å². The highest BCUT2D eigenvalue weighted by Gasteiger charge is 2.04. The second kappa shape index (κ2) is 3.49. The van der Waals surface area contributed by atoms with E-state index in [0.717, 1.165) is 17.0 Å². The number of aromatic nitrogens is 2. The first-order valence-corrected chi connectivity index (χ1v) is 4.35. The number of hydrogen-bond acceptors (Lipinski definition) is 4. The van der Waals surface area contributed by atoms with Crippen LogP contribution in [-0.2, 0) is 0 Å². The predicted molar refractivity (Wildman–Crippen MR) is 54.0 cm³/mol. The molecule has 0 unspecified atom stereocenters. The molecule has 4 heteroatoms. The highest BCUT2D eigenvalue weighted by atomic mass is 16.4. The molecule has 2 rings (SSSR count). The number of nitrogens with one attached hydrogen (secondary N) is 1. The molecular formula is C10H11N3O. The lowest BCUT2D eigenvalue weighted by Gasteiger charge is -2.00. The van der Waals surface area contributed by atoms with Crippen LogP contribution in [0.15, 0.2) is 29.1 Å². The van der Waals surface area contributed by atoms with Crippen LogP contribution >= 0.6 is 0 Å². The normalized spacial score (nSPS) is 10.1. The van der Waals surface area contributed by atoms with Crippen molar-refractivity contribution in [1.29, 1.82) is 0 Å². The summed E-state index contributed by atoms with van der Waals surface area (Å²) in [4.78, 5) is 8.12. The summed E-state index contributed by atoms with van der Waals surface area (Å²) >= 11 is 0. The first-order valence-electron chi connectivity index (χ1n) is 4.35. The largest absolute Gasteiger partial charge is 0.441 e. The molecule has 0 atom stereocenters. The summed E-state index contributed by atoms with van der Waals surface area (Å²) in [5.41, 5.74) is 1.88. The van der Waals surface area contributed by atoms with Crippen LogP contribution in [0.5, 0.6) is 0 Å². The number of oxazole rings is 1. The van der Waals surface area contributed by atoms with Gasteiger partial charge in [0.2, 0.25) is 0 Å². The zero-order chi connectivity index (χ0) is 9.97. The molecular weight excluding hydrogens is 178 g/mol. The molecule has 0 aliphatic carbocycles. The lowest BCUT2D eigenvalue weighted by molar-refractivity contribution is 0.534. The Bertz CT molecular complexity index is 436. The van der Waals surface area contributed by atoms with Gasteiger partial charge in [-0.05, 0) is 6.07 Å². The van der Waals surface area contributed by atoms with E-state index < -0.39 is 0 Å². The first kappa shape index (κ1) is 8.74. The summed E-state index contributed by atoms with van der Waals surface area (Å²) < 4.78 is 5.39. The Morgan fingerprint density at radius 2 is 2.14 bits per heavy atom. The maximum atomic E-state index is 5.39. The fraction of sp³-hybridized carbons (Fsp3) is 0.200. The SMILES string of the molecule is CNc1cncc(-c2cnc(C)o2)c1. The average molecular weight is 189 g/mol. The van der Waals surface area contributed by atoms with Crippen LogP contribution in [-0.4, -0.2) is 17.0 Å². The Morgan fingerprint density at radius 1 is 1.29 bits per heavy atom. The molecule has 2 aromatic heterocycles. The van der Waals surface area contributed by atoms with Crippen molar-refractivity contribution < 1.29 is 4.42 Å². The maximum Gasteiger partial charge on any atom is 0.191 e. The number of rotatable bonds is 2. The molecule has 0 saturated heterocycles. The molecule has 0 amide bonds. The van der Waals surface area contributed by atoms with Crippen molar-refractivity contribution in [2.45, 2.75) is 6.92 Å². The molecule has 72 valence electrons. The van der Waals surface area contributed by atoms with Gasteiger partial charge in [-0.15, -0.1) is 0 Å². The standard InChI is InChI=1S/C10H11N3O/c1-7-13-6-10(14-7)8-3-9(11-2)5-12-4-8/h3-6,11H,1-2H3. The van der Waals surface area contributed by atoms with Crippen molar-refractivity contribution in [2.24, 2.45) is 0 Å². The average Bonchev–Trinajstić information content (AvgIpc) is 2.65. The van der Waals surface area contributed by atoms with Crippen molar-refractivity contribution in [3.63, 3.8) is 0 Å². The van der Waals surface area contributed by atoms with Gasteiger partial charge in [-0.2, -0.15) is 0 Å². The number of hydrogen-bond donors (Lipinski definition) is 1. The third kappa shape index (κ3) is 1.59. The van der Waals surface area contributed by atoms with E-state index in [1.165, 1.54) is 0 Å². The van der Waals surface area contributed by atoms with Gasteiger partial charge in [0.15, 0.2) is 11.7 Å². The quantitative estimate of drug-likeness (QED) is 0.785. The van der Waals surface area contributed by atoms with Crippen molar-refractivity contribution in [1.82, 2.24) is 9.97 Å². The van der Waals surface area contributed by atoms with Gasteiger partial charge < -0.3 is 9.73 Å². The van der Waals surface area contributed by atoms with Crippen LogP contribution < -0.4 is 5.32 Å². The molecule has 14 heavy (non-hydrogen) atoms. The molecule has 4 nitrogen and oxygen atoms in total. The van der Waals surface area contributed by atoms with E-state index in [9.17, 15) is 0 Å². The van der Waals surface area contributed by atoms with Gasteiger partial charge in [0, 0.05) is 31.9 Å². The van der Waals surface area contributed by atoms with E-state index in [4.69, 9.17) is 4.42 Å². The highest BCUT2D eigenvalue weighted by molar-refractivity contribution is 5.61. The number of pyridine rings is 1. The minimum absolute atomic E-state index is 0.662. The van der Waals surface area contributed by atoms with Gasteiger partial charge in [0.05, 0.1) is 11.9 Å². The molecule has 0 aromatic carbocycles. The monoisotopic (exact) mass is 189 g/mol. The first-order chi connectivity index (χ1) is 6.79. The summed E-state index contributed by atoms with van der Waals surface area (Å²) in [7, 11) is 1.85. The van der Waals surface area contributed by atoms with Gasteiger partial charge in [0.1, 0.15) is 0 Å². The number of nitrogens with zero attached hydrogens (tertiary/aromatic N) is 2. The second-order valence-electron chi connectivity index (χ2n) is 2.96. The van der Waals surface area contributed by atoms with Gasteiger partial charge in [-0.1, -0.05) is 0 Å². The minimum Gasteiger partial charge on any atom is -0.441 e. The van der Waals surface area contributed by atoms with Crippen LogP contribution in [0.1, 0.15) is 5.89 Å². The summed E-state index contributed by atoms with van der Waals surface area (Å²) in [6, 6.07) is 1.97. The molecule has 0 aliphatic rings. The maximum absolute atomic E-state index is 5.39. The van der Waals surface area contributed by atoms with Gasteiger partial charge >= 0.3 is 0 Å². The van der Waals surface area contributed by atoms with E-state index in [2.05, 4.69) is 15.3 Å². The van der Waals surface area contributed by atoms with Crippen LogP contribution in [0, 0.1) is 6.92 Å². The summed E-state index contributed by atoms with van der Waals surface area (Å²) in [5, 5.41) is 3.02. The highest BCUT2D eigenvalue weighted by Crippen LogP contribution is 2.21. The smallest absolute Gasteiger partial charge is 0.191 e. The Kier molecular flexibility index (Phi) is 2.18. The molecule has 0 aliphatic heterocycles. The Balaban J connectivity index is 2.41. The summed E-state index contributed by atoms with van der Waals surface area (Å²) in [6.07, 6.45) is 5.21. The lowest BCUT2D eigenvalue weighted by atomic mass is 10.2. The minimum atomic E-state index is 0.662. The fourth-order valence-electron chi connectivity index (χ4n) is 1.21. The van der Waals surface area contributed by atoms with E-state index in [1.54, 1.807) is 18.6 Å². The molecule has 0 radical (unpaired) electrons. The van der Waals surface area contributed by atoms with E-state index in [0.29, 0.717) is 5.89 Å². The zero-order valence-electron chi connectivity index (χ0n) is 8.11. The molecule has 1 N–H and O–H groups in total. The Labute approximate surface area is 82.0 Å². The van der Waals surface area contributed by atoms with Gasteiger partial charge in [0.25, 0.3) is 0 Å². The predicted octanol–water partition coefficient (Wildman–Crippen LogP) is 2.09. The number of aryl methyl sites for hydroxylation is 1. The van der Waals surface area contributed by atoms with Crippen molar-refractivity contribution in [2.75, 3.05) is 12.4 Å². The van der Waals surface area contributed by atoms with Crippen molar-refractivity contribution >= 4 is 5.69 Å². The zero-order valence-corrected chi connectivity index (χ0v) is 8.11. The molecule has 0 bridgehead atoms. The second-order valence-corrected chi connectivity index (χ2v) is 2.96. The fourth-order valence-corrected chi connectivity index (χ4v) is 1.21. The third-order valence-electron chi connectivity index (χ3n) is 1.93. The van der Waals surface area contributed by atoms with Gasteiger partial charge in [-0.25, -0.2) is 4.98 Å². The third-order valence-corrected chi connectivity index (χ3v) is 1.93. The topological polar surface area (TPSA) is 51.0 Å². The van der Waals surface area contributed by atoms with E-state index >= 15 is 0 Å². The van der Waals surface area contributed by atoms with Crippen LogP contribution in [0.4, 0.5) is 5.69 Å². The molecule has 2 heterocycles. The molecule has 0 fully saturated rings. The molecule has 0 spiro atoms. The molecule has 0 saturated carbocycles. The van der Waals surface area contributed by atoms with Gasteiger partial charge in [-0.3, -0.25) is 4.98 Å². The van der Waals surface area contributed by atoms with E-state index in [-0.39, 0.29) is 0 Å². The summed E-state index contributed by atoms with van der Waals surface area (Å²) in [6.45, 7) is 1.82. The number of anilines is 1. The van der Waals surface area contributed by atoms with Crippen LogP contribution in [0.3, 0.4) is 0 Å². The molecule has 2 aromatic rings. The Morgan fingerprint density at radius 3 is 2.79 bits per heavy atom. The Hall–Kier alpha value is -1.84. The van der Waals surface area contributed by atoms with Crippen LogP contribution in [0.25, 0.3) is 11.3 Å². The van der Waals surface area contributed by atoms with Crippen LogP contribution in [0.2, 0.25) is 0 Å². The lowest BCUT2D eigenvalue weighted by Crippen LogP contribution is -1.89. The van der Waals surface area contributed by atoms with E-state index in [1.807, 2.05) is 20.0 Å². The summed E-state index contributed by atoms with van der Waals surface area (Å²) in [5.74, 6) is 1.40.